The second-order valence-corrected chi connectivity index (χ2v) is 6.72. The lowest BCUT2D eigenvalue weighted by Gasteiger charge is -2.13. The van der Waals surface area contributed by atoms with E-state index < -0.39 is 18.3 Å². The van der Waals surface area contributed by atoms with Gasteiger partial charge in [-0.05, 0) is 25.1 Å². The molecular formula is C20H13F3N6O2. The molecule has 0 fully saturated rings. The van der Waals surface area contributed by atoms with E-state index >= 15 is 0 Å². The van der Waals surface area contributed by atoms with E-state index in [9.17, 15) is 13.2 Å². The van der Waals surface area contributed by atoms with Gasteiger partial charge in [-0.2, -0.15) is 17.7 Å². The fourth-order valence-corrected chi connectivity index (χ4v) is 3.24. The fourth-order valence-electron chi connectivity index (χ4n) is 3.24. The Morgan fingerprint density at radius 2 is 1.87 bits per heavy atom. The summed E-state index contributed by atoms with van der Waals surface area (Å²) < 4.78 is 52.1. The van der Waals surface area contributed by atoms with Crippen LogP contribution in [0.1, 0.15) is 17.0 Å². The van der Waals surface area contributed by atoms with Gasteiger partial charge in [0.25, 0.3) is 0 Å². The number of fused-ring (bicyclic) bond motifs is 3. The molecular weight excluding hydrogens is 413 g/mol. The van der Waals surface area contributed by atoms with Crippen LogP contribution in [0.2, 0.25) is 0 Å². The second-order valence-electron chi connectivity index (χ2n) is 6.72. The molecule has 0 saturated carbocycles. The topological polar surface area (TPSA) is 91.2 Å². The third-order valence-corrected chi connectivity index (χ3v) is 4.63. The highest BCUT2D eigenvalue weighted by Gasteiger charge is 2.34. The van der Waals surface area contributed by atoms with E-state index in [0.717, 1.165) is 6.07 Å². The van der Waals surface area contributed by atoms with Gasteiger partial charge in [-0.3, -0.25) is 4.98 Å². The number of hydrogen-bond acceptors (Lipinski definition) is 7. The Kier molecular flexibility index (Phi) is 4.31. The molecule has 0 unspecified atom stereocenters. The molecule has 5 rings (SSSR count). The number of aryl methyl sites for hydroxylation is 1. The van der Waals surface area contributed by atoms with Crippen LogP contribution in [-0.4, -0.2) is 30.0 Å². The molecule has 0 radical (unpaired) electrons. The Balaban J connectivity index is 1.62. The Morgan fingerprint density at radius 1 is 1.06 bits per heavy atom. The Morgan fingerprint density at radius 3 is 2.61 bits per heavy atom. The van der Waals surface area contributed by atoms with Crippen LogP contribution < -0.4 is 4.74 Å². The van der Waals surface area contributed by atoms with Gasteiger partial charge in [0.2, 0.25) is 11.7 Å². The lowest BCUT2D eigenvalue weighted by atomic mass is 10.2. The zero-order valence-electron chi connectivity index (χ0n) is 16.0. The van der Waals surface area contributed by atoms with Gasteiger partial charge in [0.05, 0.1) is 11.3 Å². The summed E-state index contributed by atoms with van der Waals surface area (Å²) in [6, 6.07) is 11.0. The predicted octanol–water partition coefficient (Wildman–Crippen LogP) is 4.23. The molecule has 8 nitrogen and oxygen atoms in total. The number of halogens is 3. The van der Waals surface area contributed by atoms with Crippen LogP contribution in [0.15, 0.2) is 53.2 Å². The summed E-state index contributed by atoms with van der Waals surface area (Å²) in [6.07, 6.45) is -3.26. The van der Waals surface area contributed by atoms with Gasteiger partial charge in [-0.1, -0.05) is 23.4 Å². The van der Waals surface area contributed by atoms with Gasteiger partial charge in [-0.25, -0.2) is 0 Å². The first-order valence-electron chi connectivity index (χ1n) is 9.13. The molecule has 156 valence electrons. The Hall–Kier alpha value is -4.02. The van der Waals surface area contributed by atoms with E-state index in [-0.39, 0.29) is 11.6 Å². The lowest BCUT2D eigenvalue weighted by molar-refractivity contribution is -0.138. The van der Waals surface area contributed by atoms with E-state index in [1.54, 1.807) is 37.3 Å². The molecule has 4 aromatic heterocycles. The third kappa shape index (κ3) is 3.33. The average molecular weight is 426 g/mol. The number of benzene rings is 1. The van der Waals surface area contributed by atoms with Crippen molar-refractivity contribution >= 4 is 16.4 Å². The summed E-state index contributed by atoms with van der Waals surface area (Å²) in [7, 11) is 0. The maximum Gasteiger partial charge on any atom is 0.418 e. The summed E-state index contributed by atoms with van der Waals surface area (Å²) >= 11 is 0. The van der Waals surface area contributed by atoms with Crippen molar-refractivity contribution in [1.82, 2.24) is 30.0 Å². The number of pyridine rings is 1. The highest BCUT2D eigenvalue weighted by molar-refractivity contribution is 5.96. The zero-order chi connectivity index (χ0) is 21.6. The second kappa shape index (κ2) is 7.04. The van der Waals surface area contributed by atoms with Crippen molar-refractivity contribution < 1.29 is 22.4 Å². The number of rotatable bonds is 4. The standard InChI is InChI=1S/C20H13F3N6O2/c1-11-9-15(28-31-11)18-26-25-17-12-5-2-3-6-13(12)19(27-29(17)18)30-10-16-14(20(21,22)23)7-4-8-24-16/h2-9H,10H2,1H3. The summed E-state index contributed by atoms with van der Waals surface area (Å²) in [5, 5.41) is 18.0. The summed E-state index contributed by atoms with van der Waals surface area (Å²) in [5.74, 6) is 1.01. The largest absolute Gasteiger partial charge is 0.470 e. The molecule has 4 heterocycles. The molecule has 0 spiro atoms. The number of hydrogen-bond donors (Lipinski definition) is 0. The van der Waals surface area contributed by atoms with Gasteiger partial charge < -0.3 is 9.26 Å². The minimum absolute atomic E-state index is 0.114. The number of alkyl halides is 3. The molecule has 31 heavy (non-hydrogen) atoms. The van der Waals surface area contributed by atoms with Crippen molar-refractivity contribution in [2.75, 3.05) is 0 Å². The van der Waals surface area contributed by atoms with Crippen molar-refractivity contribution in [2.45, 2.75) is 19.7 Å². The highest BCUT2D eigenvalue weighted by Crippen LogP contribution is 2.33. The Bertz CT molecular complexity index is 1410. The first-order chi connectivity index (χ1) is 14.9. The van der Waals surface area contributed by atoms with E-state index in [4.69, 9.17) is 9.26 Å². The quantitative estimate of drug-likeness (QED) is 0.425. The lowest BCUT2D eigenvalue weighted by Crippen LogP contribution is -2.13. The first kappa shape index (κ1) is 19.0. The minimum atomic E-state index is -4.54. The van der Waals surface area contributed by atoms with Crippen molar-refractivity contribution in [1.29, 1.82) is 0 Å². The van der Waals surface area contributed by atoms with Crippen molar-refractivity contribution in [3.63, 3.8) is 0 Å². The molecule has 0 bridgehead atoms. The highest BCUT2D eigenvalue weighted by atomic mass is 19.4. The zero-order valence-corrected chi connectivity index (χ0v) is 16.0. The van der Waals surface area contributed by atoms with E-state index in [1.807, 2.05) is 0 Å². The molecule has 5 aromatic rings. The molecule has 0 aliphatic rings. The van der Waals surface area contributed by atoms with Crippen LogP contribution in [-0.2, 0) is 12.8 Å². The van der Waals surface area contributed by atoms with Gasteiger partial charge in [0.1, 0.15) is 12.4 Å². The predicted molar refractivity (Wildman–Crippen MR) is 102 cm³/mol. The number of nitrogens with zero attached hydrogens (tertiary/aromatic N) is 6. The molecule has 1 aromatic carbocycles. The van der Waals surface area contributed by atoms with Crippen molar-refractivity contribution in [3.8, 4) is 17.4 Å². The van der Waals surface area contributed by atoms with E-state index in [0.29, 0.717) is 33.7 Å². The van der Waals surface area contributed by atoms with Crippen LogP contribution in [0.3, 0.4) is 0 Å². The van der Waals surface area contributed by atoms with Crippen molar-refractivity contribution in [2.24, 2.45) is 0 Å². The molecule has 0 amide bonds. The third-order valence-electron chi connectivity index (χ3n) is 4.63. The van der Waals surface area contributed by atoms with Gasteiger partial charge in [-0.15, -0.1) is 15.3 Å². The maximum atomic E-state index is 13.3. The van der Waals surface area contributed by atoms with E-state index in [2.05, 4.69) is 25.4 Å². The number of ether oxygens (including phenoxy) is 1. The normalized spacial score (nSPS) is 12.0. The monoisotopic (exact) mass is 426 g/mol. The van der Waals surface area contributed by atoms with Crippen LogP contribution in [0, 0.1) is 6.92 Å². The van der Waals surface area contributed by atoms with E-state index in [1.165, 1.54) is 16.8 Å². The molecule has 0 aliphatic carbocycles. The van der Waals surface area contributed by atoms with Crippen LogP contribution in [0.4, 0.5) is 13.2 Å². The van der Waals surface area contributed by atoms with Gasteiger partial charge >= 0.3 is 6.18 Å². The average Bonchev–Trinajstić information content (AvgIpc) is 3.37. The molecule has 0 aliphatic heterocycles. The number of aromatic nitrogens is 6. The van der Waals surface area contributed by atoms with Crippen molar-refractivity contribution in [3.05, 3.63) is 65.7 Å². The summed E-state index contributed by atoms with van der Waals surface area (Å²) in [5.41, 5.74) is -0.226. The molecule has 0 saturated heterocycles. The molecule has 0 atom stereocenters. The summed E-state index contributed by atoms with van der Waals surface area (Å²) in [6.45, 7) is 1.32. The fraction of sp³-hybridized carbons (Fsp3) is 0.150. The molecule has 0 N–H and O–H groups in total. The van der Waals surface area contributed by atoms with Crippen LogP contribution in [0.25, 0.3) is 27.9 Å². The Labute approximate surface area is 172 Å². The first-order valence-corrected chi connectivity index (χ1v) is 9.13. The SMILES string of the molecule is Cc1cc(-c2nnc3c4ccccc4c(OCc4ncccc4C(F)(F)F)nn23)no1. The maximum absolute atomic E-state index is 13.3. The smallest absolute Gasteiger partial charge is 0.418 e. The van der Waals surface area contributed by atoms with Gasteiger partial charge in [0, 0.05) is 23.0 Å². The summed E-state index contributed by atoms with van der Waals surface area (Å²) in [4.78, 5) is 3.83. The van der Waals surface area contributed by atoms with Crippen LogP contribution in [0.5, 0.6) is 5.88 Å². The molecule has 11 heteroatoms. The van der Waals surface area contributed by atoms with Gasteiger partial charge in [0.15, 0.2) is 11.3 Å². The minimum Gasteiger partial charge on any atom is -0.470 e. The van der Waals surface area contributed by atoms with Crippen LogP contribution >= 0.6 is 0 Å².